The van der Waals surface area contributed by atoms with Crippen LogP contribution >= 0.6 is 11.8 Å². The number of benzene rings is 2. The quantitative estimate of drug-likeness (QED) is 0.303. The molecule has 1 heterocycles. The minimum Gasteiger partial charge on any atom is -0.465 e. The van der Waals surface area contributed by atoms with Gasteiger partial charge in [-0.2, -0.15) is 5.26 Å². The Balaban J connectivity index is 2.11. The van der Waals surface area contributed by atoms with Crippen LogP contribution < -0.4 is 5.32 Å². The predicted octanol–water partition coefficient (Wildman–Crippen LogP) is 3.66. The van der Waals surface area contributed by atoms with Crippen LogP contribution in [0.4, 0.5) is 5.69 Å². The number of nitrogens with zero attached hydrogens (tertiary/aromatic N) is 2. The molecule has 0 fully saturated rings. The second-order valence-electron chi connectivity index (χ2n) is 6.64. The van der Waals surface area contributed by atoms with Gasteiger partial charge >= 0.3 is 5.97 Å². The van der Waals surface area contributed by atoms with E-state index in [4.69, 9.17) is 4.74 Å². The smallest absolute Gasteiger partial charge is 0.319 e. The highest BCUT2D eigenvalue weighted by Crippen LogP contribution is 2.43. The molecule has 3 rings (SSSR count). The number of esters is 1. The minimum atomic E-state index is -1.41. The van der Waals surface area contributed by atoms with E-state index in [0.29, 0.717) is 5.75 Å². The number of nitro groups is 1. The summed E-state index contributed by atoms with van der Waals surface area (Å²) in [6.45, 7) is 1.63. The summed E-state index contributed by atoms with van der Waals surface area (Å²) in [5.41, 5.74) is 0.917. The van der Waals surface area contributed by atoms with E-state index < -0.39 is 28.6 Å². The summed E-state index contributed by atoms with van der Waals surface area (Å²) in [7, 11) is 0. The molecule has 158 valence electrons. The first-order valence-electron chi connectivity index (χ1n) is 9.49. The number of nitrogens with one attached hydrogen (secondary N) is 1. The van der Waals surface area contributed by atoms with Crippen molar-refractivity contribution in [2.45, 2.75) is 18.6 Å². The number of amides is 1. The highest BCUT2D eigenvalue weighted by atomic mass is 32.2. The van der Waals surface area contributed by atoms with Gasteiger partial charge in [-0.1, -0.05) is 48.5 Å². The Labute approximate surface area is 183 Å². The van der Waals surface area contributed by atoms with Gasteiger partial charge in [-0.25, -0.2) is 0 Å². The van der Waals surface area contributed by atoms with Crippen LogP contribution in [0.2, 0.25) is 0 Å². The summed E-state index contributed by atoms with van der Waals surface area (Å²) in [5.74, 6) is -3.55. The number of hydrogen-bond acceptors (Lipinski definition) is 7. The molecule has 0 saturated carbocycles. The number of thioether (sulfide) groups is 1. The Morgan fingerprint density at radius 2 is 1.90 bits per heavy atom. The summed E-state index contributed by atoms with van der Waals surface area (Å²) < 4.78 is 5.05. The topological polar surface area (TPSA) is 122 Å². The van der Waals surface area contributed by atoms with Crippen LogP contribution in [0, 0.1) is 27.4 Å². The molecular weight excluding hydrogens is 418 g/mol. The fourth-order valence-corrected chi connectivity index (χ4v) is 4.41. The van der Waals surface area contributed by atoms with Crippen LogP contribution in [0.15, 0.2) is 65.2 Å². The third-order valence-electron chi connectivity index (χ3n) is 4.76. The van der Waals surface area contributed by atoms with Gasteiger partial charge in [0.1, 0.15) is 5.92 Å². The number of carbonyl (C=O) groups is 2. The maximum absolute atomic E-state index is 12.9. The van der Waals surface area contributed by atoms with Gasteiger partial charge in [-0.3, -0.25) is 19.7 Å². The molecule has 1 aliphatic rings. The molecule has 2 aromatic carbocycles. The molecule has 8 nitrogen and oxygen atoms in total. The standard InChI is InChI=1S/C22H19N3O5S/c1-2-30-22(27)19-18(15-10-6-7-11-17(15)25(28)29)16(12-23)21(24-20(19)26)31-13-14-8-4-3-5-9-14/h3-11,18-19H,2,13H2,1H3,(H,24,26)/t18-,19+/m0/s1. The summed E-state index contributed by atoms with van der Waals surface area (Å²) in [6.07, 6.45) is 0. The molecule has 0 spiro atoms. The van der Waals surface area contributed by atoms with Crippen molar-refractivity contribution in [3.05, 3.63) is 86.4 Å². The fraction of sp³-hybridized carbons (Fsp3) is 0.227. The van der Waals surface area contributed by atoms with E-state index in [1.54, 1.807) is 13.0 Å². The van der Waals surface area contributed by atoms with Crippen LogP contribution in [-0.4, -0.2) is 23.4 Å². The fourth-order valence-electron chi connectivity index (χ4n) is 3.41. The van der Waals surface area contributed by atoms with Crippen molar-refractivity contribution < 1.29 is 19.2 Å². The highest BCUT2D eigenvalue weighted by molar-refractivity contribution is 8.02. The van der Waals surface area contributed by atoms with Crippen molar-refractivity contribution in [1.29, 1.82) is 5.26 Å². The van der Waals surface area contributed by atoms with E-state index in [2.05, 4.69) is 11.4 Å². The molecule has 1 N–H and O–H groups in total. The second kappa shape index (κ2) is 9.91. The Morgan fingerprint density at radius 1 is 1.23 bits per heavy atom. The first kappa shape index (κ1) is 22.1. The monoisotopic (exact) mass is 437 g/mol. The van der Waals surface area contributed by atoms with Crippen molar-refractivity contribution in [3.63, 3.8) is 0 Å². The number of nitro benzene ring substituents is 1. The molecule has 0 aliphatic carbocycles. The minimum absolute atomic E-state index is 0.0352. The Hall–Kier alpha value is -3.64. The summed E-state index contributed by atoms with van der Waals surface area (Å²) in [6, 6.07) is 17.3. The van der Waals surface area contributed by atoms with Crippen LogP contribution in [0.5, 0.6) is 0 Å². The van der Waals surface area contributed by atoms with E-state index >= 15 is 0 Å². The van der Waals surface area contributed by atoms with Gasteiger partial charge in [0.15, 0.2) is 0 Å². The third-order valence-corrected chi connectivity index (χ3v) is 5.85. The number of nitriles is 1. The van der Waals surface area contributed by atoms with Crippen LogP contribution in [0.3, 0.4) is 0 Å². The zero-order valence-corrected chi connectivity index (χ0v) is 17.4. The Bertz CT molecular complexity index is 1080. The van der Waals surface area contributed by atoms with Crippen LogP contribution in [0.25, 0.3) is 0 Å². The molecule has 1 aliphatic heterocycles. The molecular formula is C22H19N3O5S. The summed E-state index contributed by atoms with van der Waals surface area (Å²) in [5, 5.41) is 24.5. The lowest BCUT2D eigenvalue weighted by Gasteiger charge is -2.30. The first-order valence-corrected chi connectivity index (χ1v) is 10.5. The van der Waals surface area contributed by atoms with Crippen molar-refractivity contribution >= 4 is 29.3 Å². The first-order chi connectivity index (χ1) is 15.0. The second-order valence-corrected chi connectivity index (χ2v) is 7.63. The molecule has 0 aromatic heterocycles. The Kier molecular flexibility index (Phi) is 7.05. The summed E-state index contributed by atoms with van der Waals surface area (Å²) in [4.78, 5) is 36.6. The van der Waals surface area contributed by atoms with Crippen molar-refractivity contribution in [2.75, 3.05) is 6.61 Å². The number of rotatable bonds is 7. The largest absolute Gasteiger partial charge is 0.465 e. The molecule has 9 heteroatoms. The lowest BCUT2D eigenvalue weighted by molar-refractivity contribution is -0.385. The number of ether oxygens (including phenoxy) is 1. The molecule has 0 saturated heterocycles. The Morgan fingerprint density at radius 3 is 2.55 bits per heavy atom. The SMILES string of the molecule is CCOC(=O)[C@H]1C(=O)NC(SCc2ccccc2)=C(C#N)[C@@H]1c1ccccc1[N+](=O)[O-]. The van der Waals surface area contributed by atoms with Gasteiger partial charge in [-0.05, 0) is 12.5 Å². The van der Waals surface area contributed by atoms with Gasteiger partial charge < -0.3 is 10.1 Å². The maximum atomic E-state index is 12.9. The third kappa shape index (κ3) is 4.75. The molecule has 0 bridgehead atoms. The van der Waals surface area contributed by atoms with Crippen LogP contribution in [0.1, 0.15) is 24.0 Å². The van der Waals surface area contributed by atoms with Gasteiger partial charge in [-0.15, -0.1) is 11.8 Å². The van der Waals surface area contributed by atoms with E-state index in [1.165, 1.54) is 30.0 Å². The van der Waals surface area contributed by atoms with Gasteiger partial charge in [0.2, 0.25) is 5.91 Å². The van der Waals surface area contributed by atoms with Gasteiger partial charge in [0.05, 0.1) is 34.1 Å². The maximum Gasteiger partial charge on any atom is 0.319 e. The molecule has 0 unspecified atom stereocenters. The zero-order valence-electron chi connectivity index (χ0n) is 16.6. The van der Waals surface area contributed by atoms with E-state index in [1.807, 2.05) is 30.3 Å². The van der Waals surface area contributed by atoms with Crippen molar-refractivity contribution in [3.8, 4) is 6.07 Å². The van der Waals surface area contributed by atoms with Crippen molar-refractivity contribution in [1.82, 2.24) is 5.32 Å². The summed E-state index contributed by atoms with van der Waals surface area (Å²) >= 11 is 1.23. The predicted molar refractivity (Wildman–Crippen MR) is 114 cm³/mol. The molecule has 1 amide bonds. The van der Waals surface area contributed by atoms with E-state index in [0.717, 1.165) is 5.56 Å². The van der Waals surface area contributed by atoms with Crippen molar-refractivity contribution in [2.24, 2.45) is 5.92 Å². The average Bonchev–Trinajstić information content (AvgIpc) is 2.77. The average molecular weight is 437 g/mol. The number of carbonyl (C=O) groups excluding carboxylic acids is 2. The van der Waals surface area contributed by atoms with Gasteiger partial charge in [0.25, 0.3) is 5.69 Å². The number of allylic oxidation sites excluding steroid dienone is 1. The van der Waals surface area contributed by atoms with E-state index in [-0.39, 0.29) is 28.5 Å². The lowest BCUT2D eigenvalue weighted by Crippen LogP contribution is -2.44. The number of para-hydroxylation sites is 1. The normalized spacial score (nSPS) is 18.1. The molecule has 31 heavy (non-hydrogen) atoms. The zero-order chi connectivity index (χ0) is 22.4. The highest BCUT2D eigenvalue weighted by Gasteiger charge is 2.46. The van der Waals surface area contributed by atoms with E-state index in [9.17, 15) is 25.0 Å². The molecule has 2 aromatic rings. The van der Waals surface area contributed by atoms with Crippen LogP contribution in [-0.2, 0) is 20.1 Å². The molecule has 2 atom stereocenters. The lowest BCUT2D eigenvalue weighted by atomic mass is 9.78. The van der Waals surface area contributed by atoms with Gasteiger partial charge in [0, 0.05) is 17.4 Å². The number of hydrogen-bond donors (Lipinski definition) is 1. The molecule has 0 radical (unpaired) electrons.